The van der Waals surface area contributed by atoms with Crippen LogP contribution < -0.4 is 5.32 Å². The Hall–Kier alpha value is -0.610. The molecule has 0 saturated carbocycles. The third-order valence-electron chi connectivity index (χ3n) is 2.83. The summed E-state index contributed by atoms with van der Waals surface area (Å²) in [6.07, 6.45) is 3.03. The highest BCUT2D eigenvalue weighted by molar-refractivity contribution is 5.74. The molecule has 0 aromatic carbocycles. The van der Waals surface area contributed by atoms with E-state index < -0.39 is 12.0 Å². The molecule has 0 radical (unpaired) electrons. The quantitative estimate of drug-likeness (QED) is 0.711. The molecule has 0 aliphatic carbocycles. The van der Waals surface area contributed by atoms with E-state index in [0.717, 1.165) is 19.3 Å². The van der Waals surface area contributed by atoms with Crippen molar-refractivity contribution >= 4 is 5.97 Å². The largest absolute Gasteiger partial charge is 0.480 e. The molecule has 1 aliphatic rings. The van der Waals surface area contributed by atoms with Crippen molar-refractivity contribution in [3.63, 3.8) is 0 Å². The van der Waals surface area contributed by atoms with Gasteiger partial charge < -0.3 is 15.2 Å². The van der Waals surface area contributed by atoms with Gasteiger partial charge in [-0.05, 0) is 25.8 Å². The monoisotopic (exact) mass is 201 g/mol. The second-order valence-corrected chi connectivity index (χ2v) is 3.91. The molecule has 0 aromatic heterocycles. The number of carboxylic acid groups (broad SMARTS) is 1. The molecule has 82 valence electrons. The van der Waals surface area contributed by atoms with Crippen LogP contribution in [0.3, 0.4) is 0 Å². The average Bonchev–Trinajstić information content (AvgIpc) is 2.33. The molecule has 3 atom stereocenters. The van der Waals surface area contributed by atoms with Crippen molar-refractivity contribution in [3.05, 3.63) is 0 Å². The summed E-state index contributed by atoms with van der Waals surface area (Å²) < 4.78 is 5.59. The molecular weight excluding hydrogens is 182 g/mol. The molecule has 0 unspecified atom stereocenters. The fourth-order valence-electron chi connectivity index (χ4n) is 1.97. The Morgan fingerprint density at radius 2 is 2.29 bits per heavy atom. The van der Waals surface area contributed by atoms with E-state index in [2.05, 4.69) is 12.2 Å². The Bertz CT molecular complexity index is 196. The molecule has 0 amide bonds. The van der Waals surface area contributed by atoms with Crippen LogP contribution in [0, 0.1) is 5.92 Å². The van der Waals surface area contributed by atoms with Crippen LogP contribution in [0.1, 0.15) is 26.2 Å². The highest BCUT2D eigenvalue weighted by atomic mass is 16.5. The number of hydrogen-bond donors (Lipinski definition) is 2. The van der Waals surface area contributed by atoms with Crippen molar-refractivity contribution in [2.24, 2.45) is 5.92 Å². The maximum absolute atomic E-state index is 10.9. The predicted molar refractivity (Wildman–Crippen MR) is 53.2 cm³/mol. The number of rotatable bonds is 3. The Balaban J connectivity index is 2.65. The van der Waals surface area contributed by atoms with Crippen LogP contribution in [0.25, 0.3) is 0 Å². The number of nitrogens with one attached hydrogen (secondary N) is 1. The van der Waals surface area contributed by atoms with Crippen LogP contribution in [0.2, 0.25) is 0 Å². The molecule has 0 aromatic rings. The zero-order valence-corrected chi connectivity index (χ0v) is 8.82. The van der Waals surface area contributed by atoms with Gasteiger partial charge in [0.25, 0.3) is 0 Å². The number of carboxylic acids is 1. The molecule has 1 heterocycles. The third kappa shape index (κ3) is 2.69. The number of carbonyl (C=O) groups is 1. The van der Waals surface area contributed by atoms with Gasteiger partial charge in [0.1, 0.15) is 6.04 Å². The molecule has 1 fully saturated rings. The molecule has 0 bridgehead atoms. The van der Waals surface area contributed by atoms with E-state index >= 15 is 0 Å². The van der Waals surface area contributed by atoms with E-state index in [-0.39, 0.29) is 6.10 Å². The van der Waals surface area contributed by atoms with E-state index in [9.17, 15) is 4.79 Å². The van der Waals surface area contributed by atoms with E-state index in [1.165, 1.54) is 0 Å². The molecule has 14 heavy (non-hydrogen) atoms. The maximum Gasteiger partial charge on any atom is 0.323 e. The van der Waals surface area contributed by atoms with Crippen LogP contribution in [-0.4, -0.2) is 36.9 Å². The summed E-state index contributed by atoms with van der Waals surface area (Å²) in [4.78, 5) is 10.9. The number of likely N-dealkylation sites (N-methyl/N-ethyl adjacent to an activating group) is 1. The lowest BCUT2D eigenvalue weighted by atomic mass is 9.94. The van der Waals surface area contributed by atoms with Gasteiger partial charge in [-0.15, -0.1) is 0 Å². The van der Waals surface area contributed by atoms with Gasteiger partial charge in [-0.3, -0.25) is 4.79 Å². The van der Waals surface area contributed by atoms with E-state index in [4.69, 9.17) is 9.84 Å². The van der Waals surface area contributed by atoms with Gasteiger partial charge in [-0.1, -0.05) is 13.3 Å². The molecule has 0 spiro atoms. The summed E-state index contributed by atoms with van der Waals surface area (Å²) in [5, 5.41) is 11.8. The van der Waals surface area contributed by atoms with Crippen LogP contribution in [0.4, 0.5) is 0 Å². The molecular formula is C10H19NO3. The van der Waals surface area contributed by atoms with Crippen molar-refractivity contribution in [2.45, 2.75) is 38.3 Å². The zero-order chi connectivity index (χ0) is 10.6. The van der Waals surface area contributed by atoms with Crippen molar-refractivity contribution in [3.8, 4) is 0 Å². The fraction of sp³-hybridized carbons (Fsp3) is 0.900. The summed E-state index contributed by atoms with van der Waals surface area (Å²) in [6.45, 7) is 2.74. The average molecular weight is 201 g/mol. The molecule has 4 heteroatoms. The topological polar surface area (TPSA) is 58.6 Å². The van der Waals surface area contributed by atoms with E-state index in [1.54, 1.807) is 7.05 Å². The van der Waals surface area contributed by atoms with Gasteiger partial charge >= 0.3 is 5.97 Å². The first-order chi connectivity index (χ1) is 6.66. The normalized spacial score (nSPS) is 30.7. The number of hydrogen-bond acceptors (Lipinski definition) is 3. The van der Waals surface area contributed by atoms with E-state index in [1.807, 2.05) is 0 Å². The Morgan fingerprint density at radius 3 is 2.86 bits per heavy atom. The summed E-state index contributed by atoms with van der Waals surface area (Å²) in [6, 6.07) is -0.580. The molecule has 1 saturated heterocycles. The molecule has 1 rings (SSSR count). The fourth-order valence-corrected chi connectivity index (χ4v) is 1.97. The summed E-state index contributed by atoms with van der Waals surface area (Å²) in [5.74, 6) is -0.516. The standard InChI is InChI=1S/C10H19NO3/c1-7-5-3-4-6-14-9(7)8(11-2)10(12)13/h7-9,11H,3-6H2,1-2H3,(H,12,13)/t7-,8+,9-/m1/s1. The first-order valence-electron chi connectivity index (χ1n) is 5.18. The highest BCUT2D eigenvalue weighted by Gasteiger charge is 2.32. The molecule has 1 aliphatic heterocycles. The van der Waals surface area contributed by atoms with Crippen LogP contribution in [0.15, 0.2) is 0 Å². The van der Waals surface area contributed by atoms with Gasteiger partial charge in [-0.25, -0.2) is 0 Å². The Labute approximate surface area is 84.6 Å². The molecule has 4 nitrogen and oxygen atoms in total. The summed E-state index contributed by atoms with van der Waals surface area (Å²) in [7, 11) is 1.67. The Morgan fingerprint density at radius 1 is 1.57 bits per heavy atom. The summed E-state index contributed by atoms with van der Waals surface area (Å²) in [5.41, 5.74) is 0. The van der Waals surface area contributed by atoms with Crippen LogP contribution >= 0.6 is 0 Å². The highest BCUT2D eigenvalue weighted by Crippen LogP contribution is 2.22. The molecule has 2 N–H and O–H groups in total. The van der Waals surface area contributed by atoms with E-state index in [0.29, 0.717) is 12.5 Å². The van der Waals surface area contributed by atoms with Gasteiger partial charge in [0.2, 0.25) is 0 Å². The zero-order valence-electron chi connectivity index (χ0n) is 8.82. The second-order valence-electron chi connectivity index (χ2n) is 3.91. The third-order valence-corrected chi connectivity index (χ3v) is 2.83. The lowest BCUT2D eigenvalue weighted by Crippen LogP contribution is -2.48. The van der Waals surface area contributed by atoms with Gasteiger partial charge in [0, 0.05) is 6.61 Å². The summed E-state index contributed by atoms with van der Waals surface area (Å²) >= 11 is 0. The SMILES string of the molecule is CN[C@H](C(=O)O)[C@@H]1OCCCC[C@H]1C. The maximum atomic E-state index is 10.9. The lowest BCUT2D eigenvalue weighted by Gasteiger charge is -2.27. The minimum atomic E-state index is -0.828. The minimum absolute atomic E-state index is 0.194. The number of ether oxygens (including phenoxy) is 1. The minimum Gasteiger partial charge on any atom is -0.480 e. The van der Waals surface area contributed by atoms with Crippen LogP contribution in [0.5, 0.6) is 0 Å². The van der Waals surface area contributed by atoms with Gasteiger partial charge in [0.15, 0.2) is 0 Å². The lowest BCUT2D eigenvalue weighted by molar-refractivity contribution is -0.144. The predicted octanol–water partition coefficient (Wildman–Crippen LogP) is 0.864. The van der Waals surface area contributed by atoms with Crippen molar-refractivity contribution in [2.75, 3.05) is 13.7 Å². The van der Waals surface area contributed by atoms with Gasteiger partial charge in [0.05, 0.1) is 6.10 Å². The van der Waals surface area contributed by atoms with Crippen molar-refractivity contribution < 1.29 is 14.6 Å². The first-order valence-corrected chi connectivity index (χ1v) is 5.18. The van der Waals surface area contributed by atoms with Gasteiger partial charge in [-0.2, -0.15) is 0 Å². The number of aliphatic carboxylic acids is 1. The first kappa shape index (κ1) is 11.5. The van der Waals surface area contributed by atoms with Crippen molar-refractivity contribution in [1.29, 1.82) is 0 Å². The van der Waals surface area contributed by atoms with Crippen molar-refractivity contribution in [1.82, 2.24) is 5.32 Å². The van der Waals surface area contributed by atoms with Crippen LogP contribution in [-0.2, 0) is 9.53 Å². The second kappa shape index (κ2) is 5.32. The smallest absolute Gasteiger partial charge is 0.323 e. The Kier molecular flexibility index (Phi) is 4.35.